The molecule has 10 heteroatoms. The van der Waals surface area contributed by atoms with Crippen molar-refractivity contribution >= 4 is 87.2 Å². The molecule has 0 fully saturated rings. The topological polar surface area (TPSA) is 129 Å². The van der Waals surface area contributed by atoms with E-state index in [1.807, 2.05) is 60.9 Å². The number of hydrogen-bond acceptors (Lipinski definition) is 10. The van der Waals surface area contributed by atoms with Gasteiger partial charge in [-0.1, -0.05) is 182 Å². The Balaban J connectivity index is 0.000000143. The van der Waals surface area contributed by atoms with Crippen LogP contribution in [0.5, 0.6) is 0 Å². The highest BCUT2D eigenvalue weighted by atomic mass is 14.8. The Labute approximate surface area is 563 Å². The first-order valence-electron chi connectivity index (χ1n) is 32.5. The lowest BCUT2D eigenvalue weighted by Crippen LogP contribution is -1.91. The number of benzene rings is 9. The van der Waals surface area contributed by atoms with Gasteiger partial charge in [-0.25, -0.2) is 29.9 Å². The van der Waals surface area contributed by atoms with Gasteiger partial charge in [0.1, 0.15) is 0 Å². The van der Waals surface area contributed by atoms with Crippen LogP contribution in [0.15, 0.2) is 328 Å². The molecule has 0 aliphatic heterocycles. The summed E-state index contributed by atoms with van der Waals surface area (Å²) in [6.45, 7) is 0. The van der Waals surface area contributed by atoms with Crippen molar-refractivity contribution in [1.82, 2.24) is 49.8 Å². The molecule has 10 aromatic heterocycles. The Morgan fingerprint density at radius 2 is 0.531 bits per heavy atom. The van der Waals surface area contributed by atoms with Gasteiger partial charge in [0, 0.05) is 114 Å². The second kappa shape index (κ2) is 24.5. The highest BCUT2D eigenvalue weighted by molar-refractivity contribution is 6.08. The van der Waals surface area contributed by atoms with Crippen LogP contribution >= 0.6 is 0 Å². The summed E-state index contributed by atoms with van der Waals surface area (Å²) in [5.41, 5.74) is 26.3. The minimum absolute atomic E-state index is 0.905. The van der Waals surface area contributed by atoms with Gasteiger partial charge < -0.3 is 0 Å². The summed E-state index contributed by atoms with van der Waals surface area (Å²) in [6, 6.07) is 101. The van der Waals surface area contributed by atoms with E-state index in [0.29, 0.717) is 0 Å². The normalized spacial score (nSPS) is 11.5. The van der Waals surface area contributed by atoms with Gasteiger partial charge in [0.15, 0.2) is 0 Å². The van der Waals surface area contributed by atoms with Gasteiger partial charge >= 0.3 is 0 Å². The Morgan fingerprint density at radius 3 is 1.04 bits per heavy atom. The van der Waals surface area contributed by atoms with E-state index in [-0.39, 0.29) is 0 Å². The van der Waals surface area contributed by atoms with E-state index in [2.05, 4.69) is 263 Å². The molecule has 98 heavy (non-hydrogen) atoms. The summed E-state index contributed by atoms with van der Waals surface area (Å²) in [7, 11) is 0. The van der Waals surface area contributed by atoms with Crippen LogP contribution in [0.1, 0.15) is 0 Å². The fraction of sp³-hybridized carbons (Fsp3) is 0. The molecule has 0 aliphatic rings. The monoisotopic (exact) mass is 1250 g/mol. The van der Waals surface area contributed by atoms with E-state index in [1.165, 1.54) is 0 Å². The van der Waals surface area contributed by atoms with Crippen LogP contribution in [0, 0.1) is 0 Å². The third kappa shape index (κ3) is 11.0. The van der Waals surface area contributed by atoms with Gasteiger partial charge in [-0.2, -0.15) is 0 Å². The van der Waals surface area contributed by atoms with E-state index in [4.69, 9.17) is 29.9 Å². The maximum Gasteiger partial charge on any atom is 0.0972 e. The number of aromatic nitrogens is 10. The van der Waals surface area contributed by atoms with Gasteiger partial charge in [-0.15, -0.1) is 0 Å². The van der Waals surface area contributed by atoms with Crippen molar-refractivity contribution in [1.29, 1.82) is 0 Å². The first kappa shape index (κ1) is 57.2. The number of hydrogen-bond donors (Lipinski definition) is 0. The predicted molar refractivity (Wildman–Crippen MR) is 400 cm³/mol. The zero-order chi connectivity index (χ0) is 64.9. The quantitative estimate of drug-likeness (QED) is 0.129. The number of pyridine rings is 10. The molecule has 0 saturated carbocycles. The largest absolute Gasteiger partial charge is 0.265 e. The summed E-state index contributed by atoms with van der Waals surface area (Å²) in [6.07, 6.45) is 10.9. The van der Waals surface area contributed by atoms with Crippen molar-refractivity contribution in [2.45, 2.75) is 0 Å². The molecule has 19 rings (SSSR count). The zero-order valence-corrected chi connectivity index (χ0v) is 52.6. The van der Waals surface area contributed by atoms with Crippen LogP contribution in [0.2, 0.25) is 0 Å². The third-order valence-corrected chi connectivity index (χ3v) is 18.4. The van der Waals surface area contributed by atoms with Gasteiger partial charge in [-0.3, -0.25) is 19.9 Å². The molecule has 10 heterocycles. The standard InChI is InChI=1S/C47H29N5.C41H25N5/c1-2-4-30(5-3-1)42-20-15-35-11-12-36-16-21-43(52-47(36)46(35)51-42)32-8-6-31(7-9-32)40-23-18-39-28-37(17-22-44(39)49-40)38-13-10-33-14-19-41(50-45(33)29-38)34-24-26-48-27-25-34;1-2-30-9-13-35-34(19-23-44-41(35)40(30)43-20-1)26-3-5-27(6-4-26)36-16-12-33-24-31(11-15-38(33)45-36)32-8-7-28-10-14-37(46-39(28)25-32)29-17-21-42-22-18-29/h1-29H;1-25H. The highest BCUT2D eigenvalue weighted by Gasteiger charge is 2.15. The van der Waals surface area contributed by atoms with Crippen molar-refractivity contribution in [3.63, 3.8) is 0 Å². The summed E-state index contributed by atoms with van der Waals surface area (Å²) >= 11 is 0. The maximum absolute atomic E-state index is 5.14. The molecule has 19 aromatic rings. The van der Waals surface area contributed by atoms with Gasteiger partial charge in [-0.05, 0) is 143 Å². The smallest absolute Gasteiger partial charge is 0.0972 e. The molecule has 0 unspecified atom stereocenters. The minimum atomic E-state index is 0.905. The van der Waals surface area contributed by atoms with Crippen molar-refractivity contribution in [3.05, 3.63) is 328 Å². The summed E-state index contributed by atoms with van der Waals surface area (Å²) < 4.78 is 0. The fourth-order valence-electron chi connectivity index (χ4n) is 13.2. The van der Waals surface area contributed by atoms with Gasteiger partial charge in [0.25, 0.3) is 0 Å². The van der Waals surface area contributed by atoms with Crippen molar-refractivity contribution in [3.8, 4) is 101 Å². The van der Waals surface area contributed by atoms with Crippen LogP contribution < -0.4 is 0 Å². The lowest BCUT2D eigenvalue weighted by molar-refractivity contribution is 1.31. The molecule has 0 aliphatic carbocycles. The summed E-state index contributed by atoms with van der Waals surface area (Å²) in [5, 5.41) is 8.75. The number of rotatable bonds is 9. The van der Waals surface area contributed by atoms with Crippen LogP contribution in [0.25, 0.3) is 188 Å². The molecule has 456 valence electrons. The van der Waals surface area contributed by atoms with E-state index < -0.39 is 0 Å². The third-order valence-electron chi connectivity index (χ3n) is 18.4. The maximum atomic E-state index is 5.14. The van der Waals surface area contributed by atoms with E-state index >= 15 is 0 Å². The summed E-state index contributed by atoms with van der Waals surface area (Å²) in [5.74, 6) is 0. The lowest BCUT2D eigenvalue weighted by Gasteiger charge is -2.10. The van der Waals surface area contributed by atoms with Crippen LogP contribution in [0.4, 0.5) is 0 Å². The number of fused-ring (bicyclic) bond motifs is 10. The molecule has 0 amide bonds. The Morgan fingerprint density at radius 1 is 0.173 bits per heavy atom. The van der Waals surface area contributed by atoms with Crippen LogP contribution in [-0.4, -0.2) is 49.8 Å². The molecule has 0 radical (unpaired) electrons. The molecule has 9 aromatic carbocycles. The van der Waals surface area contributed by atoms with Crippen LogP contribution in [0.3, 0.4) is 0 Å². The van der Waals surface area contributed by atoms with Crippen LogP contribution in [-0.2, 0) is 0 Å². The average molecular weight is 1250 g/mol. The van der Waals surface area contributed by atoms with E-state index in [9.17, 15) is 0 Å². The molecular formula is C88H54N10. The Kier molecular flexibility index (Phi) is 14.3. The molecule has 10 nitrogen and oxygen atoms in total. The molecule has 0 N–H and O–H groups in total. The van der Waals surface area contributed by atoms with Crippen molar-refractivity contribution in [2.75, 3.05) is 0 Å². The van der Waals surface area contributed by atoms with E-state index in [0.717, 1.165) is 188 Å². The Hall–Kier alpha value is -13.4. The minimum Gasteiger partial charge on any atom is -0.265 e. The SMILES string of the molecule is c1ccc(-c2ccc3ccc4ccc(-c5ccc(-c6ccc7cc(-c8ccc9ccc(-c%10ccncc%10)nc9c8)ccc7n6)cc5)nc4c3n2)cc1.c1cnc2c(c1)ccc1c(-c3ccc(-c4ccc5cc(-c6ccc7ccc(-c8ccncc8)nc7c6)ccc5n4)cc3)ccnc12. The van der Waals surface area contributed by atoms with Crippen molar-refractivity contribution in [2.24, 2.45) is 0 Å². The lowest BCUT2D eigenvalue weighted by atomic mass is 9.98. The molecular weight excluding hydrogens is 1200 g/mol. The van der Waals surface area contributed by atoms with Crippen molar-refractivity contribution < 1.29 is 0 Å². The predicted octanol–water partition coefficient (Wildman–Crippen LogP) is 21.6. The molecule has 0 bridgehead atoms. The van der Waals surface area contributed by atoms with Gasteiger partial charge in [0.2, 0.25) is 0 Å². The van der Waals surface area contributed by atoms with Gasteiger partial charge in [0.05, 0.1) is 78.3 Å². The molecule has 0 saturated heterocycles. The second-order valence-electron chi connectivity index (χ2n) is 24.4. The molecule has 0 atom stereocenters. The number of nitrogens with zero attached hydrogens (tertiary/aromatic N) is 10. The summed E-state index contributed by atoms with van der Waals surface area (Å²) in [4.78, 5) is 47.7. The zero-order valence-electron chi connectivity index (χ0n) is 52.6. The molecule has 0 spiro atoms. The van der Waals surface area contributed by atoms with E-state index in [1.54, 1.807) is 24.8 Å². The highest BCUT2D eigenvalue weighted by Crippen LogP contribution is 2.37. The Bertz CT molecular complexity index is 6290. The average Bonchev–Trinajstić information content (AvgIpc) is 0.790. The fourth-order valence-corrected chi connectivity index (χ4v) is 13.2. The second-order valence-corrected chi connectivity index (χ2v) is 24.4. The first-order valence-corrected chi connectivity index (χ1v) is 32.5. The first-order chi connectivity index (χ1) is 48.5.